The summed E-state index contributed by atoms with van der Waals surface area (Å²) in [5.41, 5.74) is 8.10. The van der Waals surface area contributed by atoms with E-state index in [0.717, 1.165) is 23.1 Å². The van der Waals surface area contributed by atoms with Crippen LogP contribution in [0.3, 0.4) is 0 Å². The number of nitrogens with two attached hydrogens (primary N) is 1. The number of nitrogens with zero attached hydrogens (tertiary/aromatic N) is 2. The number of aryl methyl sites for hydroxylation is 1. The first kappa shape index (κ1) is 14.2. The van der Waals surface area contributed by atoms with Gasteiger partial charge in [-0.15, -0.1) is 0 Å². The van der Waals surface area contributed by atoms with Crippen LogP contribution in [-0.2, 0) is 7.05 Å². The van der Waals surface area contributed by atoms with Crippen LogP contribution in [0.4, 0.5) is 11.5 Å². The summed E-state index contributed by atoms with van der Waals surface area (Å²) in [6.07, 6.45) is 6.52. The zero-order valence-electron chi connectivity index (χ0n) is 12.7. The zero-order chi connectivity index (χ0) is 14.0. The van der Waals surface area contributed by atoms with Crippen molar-refractivity contribution < 1.29 is 0 Å². The molecule has 0 saturated heterocycles. The third-order valence-corrected chi connectivity index (χ3v) is 4.41. The second-order valence-electron chi connectivity index (χ2n) is 6.13. The molecule has 1 fully saturated rings. The van der Waals surface area contributed by atoms with Crippen molar-refractivity contribution in [1.82, 2.24) is 9.78 Å². The van der Waals surface area contributed by atoms with Crippen LogP contribution in [0.2, 0.25) is 0 Å². The zero-order valence-corrected chi connectivity index (χ0v) is 12.7. The molecule has 2 unspecified atom stereocenters. The molecule has 1 heterocycles. The fourth-order valence-electron chi connectivity index (χ4n) is 3.22. The van der Waals surface area contributed by atoms with Gasteiger partial charge in [0.2, 0.25) is 0 Å². The van der Waals surface area contributed by atoms with E-state index in [4.69, 9.17) is 5.73 Å². The Morgan fingerprint density at radius 3 is 2.63 bits per heavy atom. The average Bonchev–Trinajstić information content (AvgIpc) is 2.67. The summed E-state index contributed by atoms with van der Waals surface area (Å²) < 4.78 is 1.91. The highest BCUT2D eigenvalue weighted by atomic mass is 15.3. The van der Waals surface area contributed by atoms with E-state index in [2.05, 4.69) is 31.2 Å². The monoisotopic (exact) mass is 264 g/mol. The van der Waals surface area contributed by atoms with Gasteiger partial charge in [-0.2, -0.15) is 5.10 Å². The van der Waals surface area contributed by atoms with Crippen molar-refractivity contribution in [2.24, 2.45) is 13.0 Å². The molecule has 0 aromatic carbocycles. The summed E-state index contributed by atoms with van der Waals surface area (Å²) in [7, 11) is 1.98. The molecular weight excluding hydrogens is 236 g/mol. The van der Waals surface area contributed by atoms with Gasteiger partial charge in [0.25, 0.3) is 0 Å². The molecule has 0 aliphatic heterocycles. The molecule has 1 aliphatic carbocycles. The number of hydrogen-bond donors (Lipinski definition) is 2. The predicted molar refractivity (Wildman–Crippen MR) is 81.4 cm³/mol. The van der Waals surface area contributed by atoms with E-state index in [0.29, 0.717) is 12.0 Å². The van der Waals surface area contributed by atoms with Crippen LogP contribution in [0, 0.1) is 5.92 Å². The molecule has 0 amide bonds. The molecule has 1 aromatic rings. The normalized spacial score (nSPS) is 23.8. The smallest absolute Gasteiger partial charge is 0.148 e. The Balaban J connectivity index is 2.18. The minimum absolute atomic E-state index is 0.370. The van der Waals surface area contributed by atoms with E-state index in [1.807, 2.05) is 11.7 Å². The van der Waals surface area contributed by atoms with Crippen molar-refractivity contribution in [3.05, 3.63) is 5.69 Å². The number of nitrogen functional groups attached to an aromatic ring is 1. The Bertz CT molecular complexity index is 422. The summed E-state index contributed by atoms with van der Waals surface area (Å²) >= 11 is 0. The molecule has 19 heavy (non-hydrogen) atoms. The van der Waals surface area contributed by atoms with Gasteiger partial charge >= 0.3 is 0 Å². The van der Waals surface area contributed by atoms with Gasteiger partial charge in [-0.25, -0.2) is 0 Å². The third kappa shape index (κ3) is 2.88. The van der Waals surface area contributed by atoms with Crippen molar-refractivity contribution in [2.45, 2.75) is 64.8 Å². The van der Waals surface area contributed by atoms with Crippen LogP contribution in [0.25, 0.3) is 0 Å². The molecule has 0 radical (unpaired) electrons. The van der Waals surface area contributed by atoms with Gasteiger partial charge in [-0.3, -0.25) is 4.68 Å². The first-order chi connectivity index (χ1) is 9.04. The van der Waals surface area contributed by atoms with E-state index in [1.165, 1.54) is 32.1 Å². The number of rotatable bonds is 4. The van der Waals surface area contributed by atoms with E-state index >= 15 is 0 Å². The molecule has 4 heteroatoms. The average molecular weight is 264 g/mol. The maximum absolute atomic E-state index is 6.26. The number of hydrogen-bond acceptors (Lipinski definition) is 3. The Morgan fingerprint density at radius 2 is 2.05 bits per heavy atom. The largest absolute Gasteiger partial charge is 0.394 e. The second-order valence-corrected chi connectivity index (χ2v) is 6.13. The van der Waals surface area contributed by atoms with Gasteiger partial charge in [0, 0.05) is 13.1 Å². The quantitative estimate of drug-likeness (QED) is 0.875. The lowest BCUT2D eigenvalue weighted by molar-refractivity contribution is 0.316. The number of anilines is 2. The van der Waals surface area contributed by atoms with Gasteiger partial charge < -0.3 is 11.1 Å². The maximum Gasteiger partial charge on any atom is 0.148 e. The summed E-state index contributed by atoms with van der Waals surface area (Å²) in [6, 6.07) is 0.552. The van der Waals surface area contributed by atoms with Crippen LogP contribution < -0.4 is 11.1 Å². The topological polar surface area (TPSA) is 55.9 Å². The summed E-state index contributed by atoms with van der Waals surface area (Å²) in [6.45, 7) is 6.56. The van der Waals surface area contributed by atoms with Gasteiger partial charge in [0.1, 0.15) is 5.82 Å². The first-order valence-electron chi connectivity index (χ1n) is 7.63. The maximum atomic E-state index is 6.26. The Kier molecular flexibility index (Phi) is 4.38. The summed E-state index contributed by atoms with van der Waals surface area (Å²) in [5.74, 6) is 2.15. The van der Waals surface area contributed by atoms with Crippen LogP contribution in [-0.4, -0.2) is 15.8 Å². The van der Waals surface area contributed by atoms with Gasteiger partial charge in [-0.1, -0.05) is 40.0 Å². The van der Waals surface area contributed by atoms with Crippen molar-refractivity contribution in [3.63, 3.8) is 0 Å². The lowest BCUT2D eigenvalue weighted by atomic mass is 9.83. The predicted octanol–water partition coefficient (Wildman–Crippen LogP) is 3.51. The Hall–Kier alpha value is -1.19. The van der Waals surface area contributed by atoms with Crippen LogP contribution in [0.1, 0.15) is 64.5 Å². The van der Waals surface area contributed by atoms with Crippen LogP contribution in [0.15, 0.2) is 0 Å². The highest BCUT2D eigenvalue weighted by Crippen LogP contribution is 2.33. The molecule has 1 aromatic heterocycles. The third-order valence-electron chi connectivity index (χ3n) is 4.41. The minimum Gasteiger partial charge on any atom is -0.394 e. The minimum atomic E-state index is 0.370. The Morgan fingerprint density at radius 1 is 1.37 bits per heavy atom. The van der Waals surface area contributed by atoms with E-state index < -0.39 is 0 Å². The van der Waals surface area contributed by atoms with Crippen LogP contribution in [0.5, 0.6) is 0 Å². The van der Waals surface area contributed by atoms with Crippen molar-refractivity contribution >= 4 is 11.5 Å². The van der Waals surface area contributed by atoms with E-state index in [-0.39, 0.29) is 0 Å². The highest BCUT2D eigenvalue weighted by molar-refractivity contribution is 5.66. The molecule has 3 N–H and O–H groups in total. The van der Waals surface area contributed by atoms with Crippen LogP contribution >= 0.6 is 0 Å². The molecule has 2 atom stereocenters. The lowest BCUT2D eigenvalue weighted by Crippen LogP contribution is -2.32. The molecular formula is C15H28N4. The van der Waals surface area contributed by atoms with E-state index in [1.54, 1.807) is 0 Å². The standard InChI is InChI=1S/C15H28N4/c1-5-11-8-6-7-9-12(11)17-15-13(16)14(10(2)3)18-19(15)4/h10-12,17H,5-9,16H2,1-4H3. The molecule has 4 nitrogen and oxygen atoms in total. The number of nitrogens with one attached hydrogen (secondary N) is 1. The SMILES string of the molecule is CCC1CCCCC1Nc1c(N)c(C(C)C)nn1C. The molecule has 0 bridgehead atoms. The molecule has 1 aliphatic rings. The second kappa shape index (κ2) is 5.85. The summed E-state index contributed by atoms with van der Waals surface area (Å²) in [5, 5.41) is 8.22. The van der Waals surface area contributed by atoms with E-state index in [9.17, 15) is 0 Å². The van der Waals surface area contributed by atoms with Crippen molar-refractivity contribution in [1.29, 1.82) is 0 Å². The van der Waals surface area contributed by atoms with Crippen molar-refractivity contribution in [3.8, 4) is 0 Å². The molecule has 1 saturated carbocycles. The van der Waals surface area contributed by atoms with Gasteiger partial charge in [0.05, 0.1) is 11.4 Å². The van der Waals surface area contributed by atoms with Gasteiger partial charge in [-0.05, 0) is 24.7 Å². The molecule has 2 rings (SSSR count). The fourth-order valence-corrected chi connectivity index (χ4v) is 3.22. The number of aromatic nitrogens is 2. The van der Waals surface area contributed by atoms with Gasteiger partial charge in [0.15, 0.2) is 0 Å². The van der Waals surface area contributed by atoms with Crippen molar-refractivity contribution in [2.75, 3.05) is 11.1 Å². The summed E-state index contributed by atoms with van der Waals surface area (Å²) in [4.78, 5) is 0. The highest BCUT2D eigenvalue weighted by Gasteiger charge is 2.26. The molecule has 0 spiro atoms. The lowest BCUT2D eigenvalue weighted by Gasteiger charge is -2.32. The fraction of sp³-hybridized carbons (Fsp3) is 0.800. The Labute approximate surface area is 116 Å². The molecule has 108 valence electrons. The first-order valence-corrected chi connectivity index (χ1v) is 7.63.